The van der Waals surface area contributed by atoms with Crippen LogP contribution in [0.15, 0.2) is 17.5 Å². The fourth-order valence-electron chi connectivity index (χ4n) is 3.77. The second-order valence-electron chi connectivity index (χ2n) is 7.25. The molecule has 0 radical (unpaired) electrons. The third kappa shape index (κ3) is 3.81. The zero-order valence-corrected chi connectivity index (χ0v) is 15.3. The summed E-state index contributed by atoms with van der Waals surface area (Å²) in [5.74, 6) is 1.39. The van der Waals surface area contributed by atoms with Gasteiger partial charge in [-0.15, -0.1) is 11.3 Å². The van der Waals surface area contributed by atoms with Crippen molar-refractivity contribution in [2.75, 3.05) is 26.2 Å². The van der Waals surface area contributed by atoms with Crippen LogP contribution in [0.3, 0.4) is 0 Å². The maximum Gasteiger partial charge on any atom is 0.262 e. The van der Waals surface area contributed by atoms with E-state index in [1.54, 1.807) is 6.07 Å². The summed E-state index contributed by atoms with van der Waals surface area (Å²) < 4.78 is 0. The van der Waals surface area contributed by atoms with Crippen LogP contribution in [0.5, 0.6) is 0 Å². The average molecular weight is 350 g/mol. The third-order valence-corrected chi connectivity index (χ3v) is 6.16. The van der Waals surface area contributed by atoms with E-state index in [4.69, 9.17) is 0 Å². The molecular formula is C18H27N3O2S. The van der Waals surface area contributed by atoms with Gasteiger partial charge in [0.2, 0.25) is 5.91 Å². The van der Waals surface area contributed by atoms with Crippen LogP contribution in [0.4, 0.5) is 0 Å². The SMILES string of the molecule is CC(C)C(NC(=O)c1cccs1)C(=O)N1CC[C@@H]2CNC[C@@H]2CC1. The lowest BCUT2D eigenvalue weighted by Crippen LogP contribution is -2.51. The van der Waals surface area contributed by atoms with Crippen molar-refractivity contribution in [2.45, 2.75) is 32.7 Å². The molecule has 6 heteroatoms. The van der Waals surface area contributed by atoms with E-state index in [1.807, 2.05) is 30.2 Å². The Kier molecular flexibility index (Phi) is 5.56. The van der Waals surface area contributed by atoms with E-state index >= 15 is 0 Å². The Morgan fingerprint density at radius 1 is 1.25 bits per heavy atom. The van der Waals surface area contributed by atoms with Crippen LogP contribution in [-0.4, -0.2) is 48.9 Å². The van der Waals surface area contributed by atoms with Crippen molar-refractivity contribution < 1.29 is 9.59 Å². The van der Waals surface area contributed by atoms with E-state index in [2.05, 4.69) is 10.6 Å². The van der Waals surface area contributed by atoms with E-state index < -0.39 is 6.04 Å². The number of nitrogens with zero attached hydrogens (tertiary/aromatic N) is 1. The topological polar surface area (TPSA) is 61.4 Å². The molecule has 24 heavy (non-hydrogen) atoms. The Morgan fingerprint density at radius 2 is 1.92 bits per heavy atom. The van der Waals surface area contributed by atoms with Crippen molar-refractivity contribution in [1.82, 2.24) is 15.5 Å². The van der Waals surface area contributed by atoms with E-state index in [9.17, 15) is 9.59 Å². The summed E-state index contributed by atoms with van der Waals surface area (Å²) in [6.07, 6.45) is 2.13. The van der Waals surface area contributed by atoms with Crippen LogP contribution in [0.1, 0.15) is 36.4 Å². The molecule has 2 aliphatic rings. The van der Waals surface area contributed by atoms with Crippen molar-refractivity contribution in [3.05, 3.63) is 22.4 Å². The predicted octanol–water partition coefficient (Wildman–Crippen LogP) is 1.96. The molecule has 0 bridgehead atoms. The minimum atomic E-state index is -0.448. The van der Waals surface area contributed by atoms with Gasteiger partial charge >= 0.3 is 0 Å². The van der Waals surface area contributed by atoms with Gasteiger partial charge < -0.3 is 15.5 Å². The van der Waals surface area contributed by atoms with Gasteiger partial charge in [0, 0.05) is 13.1 Å². The smallest absolute Gasteiger partial charge is 0.262 e. The number of rotatable bonds is 4. The highest BCUT2D eigenvalue weighted by Crippen LogP contribution is 2.27. The number of likely N-dealkylation sites (tertiary alicyclic amines) is 1. The molecule has 1 aromatic rings. The molecule has 1 aromatic heterocycles. The van der Waals surface area contributed by atoms with Crippen LogP contribution >= 0.6 is 11.3 Å². The first-order chi connectivity index (χ1) is 11.6. The lowest BCUT2D eigenvalue weighted by atomic mass is 9.92. The summed E-state index contributed by atoms with van der Waals surface area (Å²) in [6.45, 7) is 7.76. The number of carbonyl (C=O) groups excluding carboxylic acids is 2. The van der Waals surface area contributed by atoms with Gasteiger partial charge in [0.25, 0.3) is 5.91 Å². The lowest BCUT2D eigenvalue weighted by Gasteiger charge is -2.29. The van der Waals surface area contributed by atoms with E-state index in [1.165, 1.54) is 11.3 Å². The quantitative estimate of drug-likeness (QED) is 0.873. The summed E-state index contributed by atoms with van der Waals surface area (Å²) >= 11 is 1.40. The van der Waals surface area contributed by atoms with Crippen LogP contribution in [0.2, 0.25) is 0 Å². The van der Waals surface area contributed by atoms with Crippen molar-refractivity contribution in [3.8, 4) is 0 Å². The Morgan fingerprint density at radius 3 is 2.46 bits per heavy atom. The highest BCUT2D eigenvalue weighted by Gasteiger charge is 2.34. The molecule has 2 saturated heterocycles. The monoisotopic (exact) mass is 349 g/mol. The number of carbonyl (C=O) groups is 2. The maximum absolute atomic E-state index is 13.0. The number of thiophene rings is 1. The fraction of sp³-hybridized carbons (Fsp3) is 0.667. The molecule has 2 aliphatic heterocycles. The summed E-state index contributed by atoms with van der Waals surface area (Å²) in [5, 5.41) is 8.29. The summed E-state index contributed by atoms with van der Waals surface area (Å²) in [5.41, 5.74) is 0. The zero-order valence-electron chi connectivity index (χ0n) is 14.5. The maximum atomic E-state index is 13.0. The first kappa shape index (κ1) is 17.4. The largest absolute Gasteiger partial charge is 0.341 e. The lowest BCUT2D eigenvalue weighted by molar-refractivity contribution is -0.134. The first-order valence-corrected chi connectivity index (χ1v) is 9.78. The molecule has 2 fully saturated rings. The van der Waals surface area contributed by atoms with Gasteiger partial charge in [0.15, 0.2) is 0 Å². The molecule has 0 spiro atoms. The van der Waals surface area contributed by atoms with Crippen molar-refractivity contribution >= 4 is 23.2 Å². The van der Waals surface area contributed by atoms with Gasteiger partial charge in [0.1, 0.15) is 6.04 Å². The van der Waals surface area contributed by atoms with Gasteiger partial charge in [-0.05, 0) is 55.1 Å². The van der Waals surface area contributed by atoms with Crippen molar-refractivity contribution in [2.24, 2.45) is 17.8 Å². The van der Waals surface area contributed by atoms with E-state index in [0.717, 1.165) is 39.0 Å². The van der Waals surface area contributed by atoms with Crippen molar-refractivity contribution in [1.29, 1.82) is 0 Å². The van der Waals surface area contributed by atoms with E-state index in [0.29, 0.717) is 16.7 Å². The molecule has 2 N–H and O–H groups in total. The molecule has 0 aliphatic carbocycles. The number of amides is 2. The number of nitrogens with one attached hydrogen (secondary N) is 2. The molecule has 3 heterocycles. The average Bonchev–Trinajstić information content (AvgIpc) is 3.20. The van der Waals surface area contributed by atoms with Gasteiger partial charge in [-0.3, -0.25) is 9.59 Å². The molecule has 0 aromatic carbocycles. The molecule has 3 atom stereocenters. The Balaban J connectivity index is 1.64. The number of hydrogen-bond acceptors (Lipinski definition) is 4. The normalized spacial score (nSPS) is 25.2. The second-order valence-corrected chi connectivity index (χ2v) is 8.20. The molecule has 3 rings (SSSR count). The highest BCUT2D eigenvalue weighted by molar-refractivity contribution is 7.12. The van der Waals surface area contributed by atoms with Gasteiger partial charge in [0.05, 0.1) is 4.88 Å². The van der Waals surface area contributed by atoms with Crippen LogP contribution in [0.25, 0.3) is 0 Å². The minimum absolute atomic E-state index is 0.0721. The highest BCUT2D eigenvalue weighted by atomic mass is 32.1. The summed E-state index contributed by atoms with van der Waals surface area (Å²) in [7, 11) is 0. The van der Waals surface area contributed by atoms with Crippen molar-refractivity contribution in [3.63, 3.8) is 0 Å². The standard InChI is InChI=1S/C18H27N3O2S/c1-12(2)16(20-17(22)15-4-3-9-24-15)18(23)21-7-5-13-10-19-11-14(13)6-8-21/h3-4,9,12-14,16,19H,5-8,10-11H2,1-2H3,(H,20,22)/t13-,14+,16?. The second kappa shape index (κ2) is 7.66. The predicted molar refractivity (Wildman–Crippen MR) is 96.1 cm³/mol. The third-order valence-electron chi connectivity index (χ3n) is 5.30. The Bertz CT molecular complexity index is 559. The van der Waals surface area contributed by atoms with Gasteiger partial charge in [-0.25, -0.2) is 0 Å². The molecule has 0 saturated carbocycles. The molecule has 132 valence electrons. The Labute approximate surface area is 147 Å². The molecular weight excluding hydrogens is 322 g/mol. The minimum Gasteiger partial charge on any atom is -0.341 e. The van der Waals surface area contributed by atoms with Crippen LogP contribution < -0.4 is 10.6 Å². The molecule has 1 unspecified atom stereocenters. The zero-order chi connectivity index (χ0) is 17.1. The first-order valence-electron chi connectivity index (χ1n) is 8.90. The van der Waals surface area contributed by atoms with Crippen LogP contribution in [-0.2, 0) is 4.79 Å². The Hall–Kier alpha value is -1.40. The summed E-state index contributed by atoms with van der Waals surface area (Å²) in [6, 6.07) is 3.20. The van der Waals surface area contributed by atoms with Gasteiger partial charge in [-0.2, -0.15) is 0 Å². The molecule has 5 nitrogen and oxygen atoms in total. The van der Waals surface area contributed by atoms with E-state index in [-0.39, 0.29) is 17.7 Å². The van der Waals surface area contributed by atoms with Crippen LogP contribution in [0, 0.1) is 17.8 Å². The molecule has 2 amide bonds. The number of hydrogen-bond donors (Lipinski definition) is 2. The van der Waals surface area contributed by atoms with Gasteiger partial charge in [-0.1, -0.05) is 19.9 Å². The summed E-state index contributed by atoms with van der Waals surface area (Å²) in [4.78, 5) is 28.0. The number of fused-ring (bicyclic) bond motifs is 1. The fourth-order valence-corrected chi connectivity index (χ4v) is 4.40.